The Labute approximate surface area is 189 Å². The Morgan fingerprint density at radius 3 is 2.72 bits per heavy atom. The summed E-state index contributed by atoms with van der Waals surface area (Å²) in [6.07, 6.45) is 5.52. The van der Waals surface area contributed by atoms with Gasteiger partial charge >= 0.3 is 0 Å². The van der Waals surface area contributed by atoms with Crippen LogP contribution in [0.4, 0.5) is 5.82 Å². The summed E-state index contributed by atoms with van der Waals surface area (Å²) in [4.78, 5) is 34.8. The highest BCUT2D eigenvalue weighted by molar-refractivity contribution is 6.30. The fourth-order valence-corrected chi connectivity index (χ4v) is 4.56. The van der Waals surface area contributed by atoms with Crippen molar-refractivity contribution in [3.05, 3.63) is 80.2 Å². The van der Waals surface area contributed by atoms with Gasteiger partial charge in [-0.25, -0.2) is 0 Å². The molecule has 2 N–H and O–H groups in total. The van der Waals surface area contributed by atoms with E-state index in [9.17, 15) is 9.59 Å². The monoisotopic (exact) mass is 453 g/mol. The Kier molecular flexibility index (Phi) is 5.27. The summed E-state index contributed by atoms with van der Waals surface area (Å²) >= 11 is 5.83. The zero-order valence-electron chi connectivity index (χ0n) is 17.7. The molecule has 4 heterocycles. The fourth-order valence-electron chi connectivity index (χ4n) is 4.45. The second-order valence-electron chi connectivity index (χ2n) is 8.47. The van der Waals surface area contributed by atoms with E-state index >= 15 is 0 Å². The van der Waals surface area contributed by atoms with E-state index in [1.165, 1.54) is 23.5 Å². The Balaban J connectivity index is 1.32. The van der Waals surface area contributed by atoms with Crippen molar-refractivity contribution in [3.63, 3.8) is 0 Å². The predicted molar refractivity (Wildman–Crippen MR) is 123 cm³/mol. The van der Waals surface area contributed by atoms with Gasteiger partial charge in [-0.2, -0.15) is 0 Å². The smallest absolute Gasteiger partial charge is 0.273 e. The highest BCUT2D eigenvalue weighted by atomic mass is 35.5. The molecule has 1 spiro atoms. The number of hydrogen-bond donors (Lipinski definition) is 2. The normalized spacial score (nSPS) is 18.8. The standard InChI is InChI=1S/C23H24ClN5O3/c1-25-19-12-28(14-23(19)7-8-23)20-5-4-18(22(31)27-20)29-9-6-17(10-21(29)30)32-13-16-3-2-15(24)11-26-16/h2-6,9-11,19,25H,7-8,12-14H2,1H3,(H,27,31). The molecule has 1 unspecified atom stereocenters. The molecule has 1 saturated heterocycles. The van der Waals surface area contributed by atoms with Gasteiger partial charge in [-0.15, -0.1) is 0 Å². The van der Waals surface area contributed by atoms with Gasteiger partial charge in [0.25, 0.3) is 11.1 Å². The maximum absolute atomic E-state index is 12.8. The number of aromatic amines is 1. The number of anilines is 1. The largest absolute Gasteiger partial charge is 0.487 e. The van der Waals surface area contributed by atoms with Crippen molar-refractivity contribution in [2.45, 2.75) is 25.5 Å². The minimum absolute atomic E-state index is 0.209. The molecule has 5 rings (SSSR count). The molecule has 1 saturated carbocycles. The van der Waals surface area contributed by atoms with Gasteiger partial charge in [-0.1, -0.05) is 11.6 Å². The summed E-state index contributed by atoms with van der Waals surface area (Å²) in [7, 11) is 1.99. The molecule has 2 fully saturated rings. The van der Waals surface area contributed by atoms with Crippen LogP contribution in [0.25, 0.3) is 5.69 Å². The second-order valence-corrected chi connectivity index (χ2v) is 8.91. The minimum atomic E-state index is -0.349. The first-order valence-electron chi connectivity index (χ1n) is 10.6. The van der Waals surface area contributed by atoms with Crippen LogP contribution in [0.1, 0.15) is 18.5 Å². The van der Waals surface area contributed by atoms with E-state index in [1.807, 2.05) is 13.1 Å². The summed E-state index contributed by atoms with van der Waals surface area (Å²) in [5, 5.41) is 3.95. The number of H-pyrrole nitrogens is 1. The number of hydrogen-bond acceptors (Lipinski definition) is 6. The fraction of sp³-hybridized carbons (Fsp3) is 0.348. The molecule has 0 radical (unpaired) electrons. The second kappa shape index (κ2) is 8.11. The highest BCUT2D eigenvalue weighted by Crippen LogP contribution is 2.53. The molecule has 0 amide bonds. The molecular weight excluding hydrogens is 430 g/mol. The van der Waals surface area contributed by atoms with Gasteiger partial charge < -0.3 is 19.9 Å². The van der Waals surface area contributed by atoms with Crippen molar-refractivity contribution in [3.8, 4) is 11.4 Å². The molecule has 1 aliphatic carbocycles. The lowest BCUT2D eigenvalue weighted by atomic mass is 10.0. The lowest BCUT2D eigenvalue weighted by Gasteiger charge is -2.18. The zero-order chi connectivity index (χ0) is 22.3. The third-order valence-corrected chi connectivity index (χ3v) is 6.65. The third kappa shape index (κ3) is 3.91. The van der Waals surface area contributed by atoms with Crippen LogP contribution in [0.5, 0.6) is 5.75 Å². The van der Waals surface area contributed by atoms with Crippen LogP contribution in [0.15, 0.2) is 58.4 Å². The number of likely N-dealkylation sites (N-methyl/N-ethyl adjacent to an activating group) is 1. The summed E-state index contributed by atoms with van der Waals surface area (Å²) in [6.45, 7) is 2.00. The SMILES string of the molecule is CNC1CN(c2ccc(-n3ccc(OCc4ccc(Cl)cn4)cc3=O)c(=O)[nH]2)CC12CC2. The van der Waals surface area contributed by atoms with E-state index in [0.717, 1.165) is 18.9 Å². The number of rotatable bonds is 6. The quantitative estimate of drug-likeness (QED) is 0.595. The van der Waals surface area contributed by atoms with Crippen LogP contribution in [0, 0.1) is 5.41 Å². The molecule has 2 aliphatic rings. The number of pyridine rings is 3. The van der Waals surface area contributed by atoms with E-state index in [1.54, 1.807) is 36.7 Å². The van der Waals surface area contributed by atoms with Crippen LogP contribution in [-0.4, -0.2) is 40.7 Å². The Morgan fingerprint density at radius 2 is 2.09 bits per heavy atom. The minimum Gasteiger partial charge on any atom is -0.487 e. The summed E-state index contributed by atoms with van der Waals surface area (Å²) in [5.41, 5.74) is 0.647. The van der Waals surface area contributed by atoms with Gasteiger partial charge in [0.15, 0.2) is 0 Å². The van der Waals surface area contributed by atoms with Crippen LogP contribution in [0.3, 0.4) is 0 Å². The van der Waals surface area contributed by atoms with E-state index < -0.39 is 0 Å². The van der Waals surface area contributed by atoms with Crippen LogP contribution in [0.2, 0.25) is 5.02 Å². The van der Waals surface area contributed by atoms with Crippen molar-refractivity contribution in [1.82, 2.24) is 19.9 Å². The van der Waals surface area contributed by atoms with Crippen LogP contribution >= 0.6 is 11.6 Å². The van der Waals surface area contributed by atoms with Gasteiger partial charge in [0, 0.05) is 43.0 Å². The van der Waals surface area contributed by atoms with Crippen molar-refractivity contribution in [2.75, 3.05) is 25.0 Å². The van der Waals surface area contributed by atoms with Crippen LogP contribution in [-0.2, 0) is 6.61 Å². The lowest BCUT2D eigenvalue weighted by molar-refractivity contribution is 0.300. The first-order chi connectivity index (χ1) is 15.5. The molecule has 1 atom stereocenters. The number of nitrogens with zero attached hydrogens (tertiary/aromatic N) is 3. The first kappa shape index (κ1) is 20.8. The molecule has 166 valence electrons. The molecular formula is C23H24ClN5O3. The van der Waals surface area contributed by atoms with Crippen molar-refractivity contribution in [2.24, 2.45) is 5.41 Å². The molecule has 32 heavy (non-hydrogen) atoms. The number of halogens is 1. The maximum atomic E-state index is 12.8. The first-order valence-corrected chi connectivity index (χ1v) is 11.0. The maximum Gasteiger partial charge on any atom is 0.273 e. The Morgan fingerprint density at radius 1 is 1.25 bits per heavy atom. The topological polar surface area (TPSA) is 92.2 Å². The predicted octanol–water partition coefficient (Wildman–Crippen LogP) is 2.34. The van der Waals surface area contributed by atoms with Gasteiger partial charge in [-0.3, -0.25) is 19.1 Å². The molecule has 3 aromatic rings. The molecule has 0 bridgehead atoms. The van der Waals surface area contributed by atoms with E-state index in [-0.39, 0.29) is 23.4 Å². The Hall–Kier alpha value is -3.10. The van der Waals surface area contributed by atoms with E-state index in [4.69, 9.17) is 16.3 Å². The molecule has 1 aliphatic heterocycles. The van der Waals surface area contributed by atoms with Crippen molar-refractivity contribution < 1.29 is 4.74 Å². The van der Waals surface area contributed by atoms with Crippen LogP contribution < -0.4 is 26.1 Å². The number of nitrogens with one attached hydrogen (secondary N) is 2. The molecule has 3 aromatic heterocycles. The van der Waals surface area contributed by atoms with Gasteiger partial charge in [0.2, 0.25) is 0 Å². The van der Waals surface area contributed by atoms with Gasteiger partial charge in [0.05, 0.1) is 10.7 Å². The van der Waals surface area contributed by atoms with E-state index in [0.29, 0.717) is 27.9 Å². The zero-order valence-corrected chi connectivity index (χ0v) is 18.4. The number of ether oxygens (including phenoxy) is 1. The third-order valence-electron chi connectivity index (χ3n) is 6.43. The average molecular weight is 454 g/mol. The van der Waals surface area contributed by atoms with Gasteiger partial charge in [-0.05, 0) is 50.2 Å². The molecule has 0 aromatic carbocycles. The summed E-state index contributed by atoms with van der Waals surface area (Å²) < 4.78 is 6.97. The van der Waals surface area contributed by atoms with E-state index in [2.05, 4.69) is 20.2 Å². The average Bonchev–Trinajstić information content (AvgIpc) is 3.46. The number of aromatic nitrogens is 3. The van der Waals surface area contributed by atoms with Gasteiger partial charge in [0.1, 0.15) is 23.9 Å². The van der Waals surface area contributed by atoms with Crippen molar-refractivity contribution in [1.29, 1.82) is 0 Å². The lowest BCUT2D eigenvalue weighted by Crippen LogP contribution is -2.34. The van der Waals surface area contributed by atoms with Crippen molar-refractivity contribution >= 4 is 17.4 Å². The Bertz CT molecular complexity index is 1250. The molecule has 9 heteroatoms. The highest BCUT2D eigenvalue weighted by Gasteiger charge is 2.54. The summed E-state index contributed by atoms with van der Waals surface area (Å²) in [6, 6.07) is 10.5. The molecule has 8 nitrogen and oxygen atoms in total. The summed E-state index contributed by atoms with van der Waals surface area (Å²) in [5.74, 6) is 1.19.